The van der Waals surface area contributed by atoms with Crippen LogP contribution in [0.4, 0.5) is 16.2 Å². The summed E-state index contributed by atoms with van der Waals surface area (Å²) in [6.45, 7) is 3.70. The highest BCUT2D eigenvalue weighted by molar-refractivity contribution is 6.10. The van der Waals surface area contributed by atoms with Gasteiger partial charge in [-0.1, -0.05) is 13.0 Å². The summed E-state index contributed by atoms with van der Waals surface area (Å²) < 4.78 is 0. The van der Waals surface area contributed by atoms with Crippen LogP contribution in [0.3, 0.4) is 0 Å². The van der Waals surface area contributed by atoms with E-state index in [4.69, 9.17) is 5.73 Å². The molecule has 1 heterocycles. The second-order valence-electron chi connectivity index (χ2n) is 7.21. The van der Waals surface area contributed by atoms with Gasteiger partial charge < -0.3 is 16.4 Å². The zero-order valence-corrected chi connectivity index (χ0v) is 15.8. The standard InChI is InChI=1S/C18H24N4O3.ClH/c1-11-5-7-18(8-6-11)16(24)22(17(25)21-18)10-15(23)20-14-9-13(19)4-3-12(14)2;/h3-4,9,11H,5-8,10,19H2,1-2H3,(H,20,23)(H,21,25);1H. The van der Waals surface area contributed by atoms with Crippen LogP contribution < -0.4 is 16.4 Å². The molecule has 1 saturated heterocycles. The molecule has 26 heavy (non-hydrogen) atoms. The van der Waals surface area contributed by atoms with Crippen molar-refractivity contribution in [3.63, 3.8) is 0 Å². The van der Waals surface area contributed by atoms with E-state index in [-0.39, 0.29) is 24.9 Å². The summed E-state index contributed by atoms with van der Waals surface area (Å²) in [5, 5.41) is 5.54. The van der Waals surface area contributed by atoms with E-state index in [0.717, 1.165) is 23.3 Å². The van der Waals surface area contributed by atoms with Gasteiger partial charge in [-0.25, -0.2) is 4.79 Å². The molecule has 142 valence electrons. The van der Waals surface area contributed by atoms with Gasteiger partial charge in [0.2, 0.25) is 5.91 Å². The predicted octanol–water partition coefficient (Wildman–Crippen LogP) is 2.44. The first kappa shape index (κ1) is 20.0. The van der Waals surface area contributed by atoms with Gasteiger partial charge in [-0.2, -0.15) is 0 Å². The molecule has 0 radical (unpaired) electrons. The van der Waals surface area contributed by atoms with Gasteiger partial charge in [-0.15, -0.1) is 12.4 Å². The maximum Gasteiger partial charge on any atom is 0.325 e. The maximum absolute atomic E-state index is 12.8. The molecule has 1 aliphatic heterocycles. The lowest BCUT2D eigenvalue weighted by Gasteiger charge is -2.33. The van der Waals surface area contributed by atoms with Gasteiger partial charge in [-0.3, -0.25) is 14.5 Å². The van der Waals surface area contributed by atoms with Crippen molar-refractivity contribution in [2.45, 2.75) is 45.1 Å². The molecule has 3 rings (SSSR count). The first-order valence-electron chi connectivity index (χ1n) is 8.61. The Morgan fingerprint density at radius 1 is 1.35 bits per heavy atom. The molecule has 7 nitrogen and oxygen atoms in total. The number of benzene rings is 1. The second-order valence-corrected chi connectivity index (χ2v) is 7.21. The van der Waals surface area contributed by atoms with Gasteiger partial charge >= 0.3 is 6.03 Å². The number of nitrogens with two attached hydrogens (primary N) is 1. The van der Waals surface area contributed by atoms with Crippen molar-refractivity contribution in [1.29, 1.82) is 0 Å². The molecular weight excluding hydrogens is 356 g/mol. The number of rotatable bonds is 3. The number of halogens is 1. The molecule has 1 spiro atoms. The number of anilines is 2. The molecule has 0 unspecified atom stereocenters. The molecule has 0 atom stereocenters. The fraction of sp³-hybridized carbons (Fsp3) is 0.500. The van der Waals surface area contributed by atoms with Crippen LogP contribution in [0.25, 0.3) is 0 Å². The summed E-state index contributed by atoms with van der Waals surface area (Å²) in [7, 11) is 0. The summed E-state index contributed by atoms with van der Waals surface area (Å²) in [5.74, 6) is -0.151. The number of hydrogen-bond donors (Lipinski definition) is 3. The minimum atomic E-state index is -0.822. The number of nitrogens with zero attached hydrogens (tertiary/aromatic N) is 1. The van der Waals surface area contributed by atoms with Crippen molar-refractivity contribution in [2.24, 2.45) is 5.92 Å². The fourth-order valence-corrected chi connectivity index (χ4v) is 3.52. The van der Waals surface area contributed by atoms with E-state index in [1.807, 2.05) is 6.92 Å². The molecule has 1 aliphatic carbocycles. The number of carbonyl (C=O) groups excluding carboxylic acids is 3. The number of nitrogens with one attached hydrogen (secondary N) is 2. The van der Waals surface area contributed by atoms with E-state index in [9.17, 15) is 14.4 Å². The number of carbonyl (C=O) groups is 3. The number of hydrogen-bond acceptors (Lipinski definition) is 4. The van der Waals surface area contributed by atoms with E-state index in [2.05, 4.69) is 17.6 Å². The van der Waals surface area contributed by atoms with E-state index >= 15 is 0 Å². The lowest BCUT2D eigenvalue weighted by Crippen LogP contribution is -2.49. The van der Waals surface area contributed by atoms with Crippen molar-refractivity contribution in [1.82, 2.24) is 10.2 Å². The van der Waals surface area contributed by atoms with Crippen molar-refractivity contribution in [3.8, 4) is 0 Å². The molecule has 0 bridgehead atoms. The van der Waals surface area contributed by atoms with Crippen LogP contribution in [-0.4, -0.2) is 34.8 Å². The molecule has 2 fully saturated rings. The zero-order chi connectivity index (χ0) is 18.2. The summed E-state index contributed by atoms with van der Waals surface area (Å²) in [4.78, 5) is 38.3. The topological polar surface area (TPSA) is 105 Å². The Kier molecular flexibility index (Phi) is 5.81. The number of amides is 4. The molecular formula is C18H25ClN4O3. The highest BCUT2D eigenvalue weighted by Crippen LogP contribution is 2.36. The van der Waals surface area contributed by atoms with Crippen LogP contribution in [0.5, 0.6) is 0 Å². The SMILES string of the molecule is Cc1ccc(N)cc1NC(=O)CN1C(=O)NC2(CCC(C)CC2)C1=O.Cl. The van der Waals surface area contributed by atoms with Crippen LogP contribution >= 0.6 is 12.4 Å². The first-order valence-corrected chi connectivity index (χ1v) is 8.61. The maximum atomic E-state index is 12.8. The third-order valence-electron chi connectivity index (χ3n) is 5.21. The molecule has 2 aliphatic rings. The quantitative estimate of drug-likeness (QED) is 0.553. The van der Waals surface area contributed by atoms with Gasteiger partial charge in [0, 0.05) is 11.4 Å². The molecule has 4 amide bonds. The van der Waals surface area contributed by atoms with Crippen LogP contribution in [-0.2, 0) is 9.59 Å². The van der Waals surface area contributed by atoms with Gasteiger partial charge in [0.25, 0.3) is 5.91 Å². The third kappa shape index (κ3) is 3.77. The average Bonchev–Trinajstić information content (AvgIpc) is 2.78. The zero-order valence-electron chi connectivity index (χ0n) is 15.0. The van der Waals surface area contributed by atoms with Crippen LogP contribution in [0.2, 0.25) is 0 Å². The van der Waals surface area contributed by atoms with Gasteiger partial charge in [0.15, 0.2) is 0 Å². The number of imide groups is 1. The Labute approximate surface area is 159 Å². The Morgan fingerprint density at radius 2 is 2.00 bits per heavy atom. The van der Waals surface area contributed by atoms with Crippen molar-refractivity contribution in [2.75, 3.05) is 17.6 Å². The number of nitrogen functional groups attached to an aromatic ring is 1. The minimum absolute atomic E-state index is 0. The molecule has 4 N–H and O–H groups in total. The highest BCUT2D eigenvalue weighted by Gasteiger charge is 2.52. The first-order chi connectivity index (χ1) is 11.8. The summed E-state index contributed by atoms with van der Waals surface area (Å²) in [5.41, 5.74) is 6.89. The van der Waals surface area contributed by atoms with Crippen LogP contribution in [0.15, 0.2) is 18.2 Å². The highest BCUT2D eigenvalue weighted by atomic mass is 35.5. The fourth-order valence-electron chi connectivity index (χ4n) is 3.52. The molecule has 0 aromatic heterocycles. The summed E-state index contributed by atoms with van der Waals surface area (Å²) in [6, 6.07) is 4.72. The second kappa shape index (κ2) is 7.53. The number of urea groups is 1. The van der Waals surface area contributed by atoms with Crippen LogP contribution in [0, 0.1) is 12.8 Å². The van der Waals surface area contributed by atoms with E-state index < -0.39 is 17.5 Å². The van der Waals surface area contributed by atoms with Gasteiger partial charge in [0.05, 0.1) is 0 Å². The third-order valence-corrected chi connectivity index (χ3v) is 5.21. The lowest BCUT2D eigenvalue weighted by atomic mass is 9.77. The largest absolute Gasteiger partial charge is 0.399 e. The Balaban J connectivity index is 0.00000243. The Hall–Kier alpha value is -2.28. The van der Waals surface area contributed by atoms with Crippen LogP contribution in [0.1, 0.15) is 38.2 Å². The Morgan fingerprint density at radius 3 is 2.65 bits per heavy atom. The normalized spacial score (nSPS) is 25.0. The predicted molar refractivity (Wildman–Crippen MR) is 102 cm³/mol. The molecule has 1 aromatic carbocycles. The number of aryl methyl sites for hydroxylation is 1. The minimum Gasteiger partial charge on any atom is -0.399 e. The molecule has 1 aromatic rings. The molecule has 1 saturated carbocycles. The Bertz CT molecular complexity index is 729. The summed E-state index contributed by atoms with van der Waals surface area (Å²) in [6.07, 6.45) is 3.06. The van der Waals surface area contributed by atoms with E-state index in [0.29, 0.717) is 30.1 Å². The molecule has 8 heteroatoms. The average molecular weight is 381 g/mol. The van der Waals surface area contributed by atoms with Crippen molar-refractivity contribution in [3.05, 3.63) is 23.8 Å². The van der Waals surface area contributed by atoms with E-state index in [1.54, 1.807) is 18.2 Å². The van der Waals surface area contributed by atoms with Gasteiger partial charge in [0.1, 0.15) is 12.1 Å². The summed E-state index contributed by atoms with van der Waals surface area (Å²) >= 11 is 0. The van der Waals surface area contributed by atoms with Crippen molar-refractivity contribution >= 4 is 41.6 Å². The van der Waals surface area contributed by atoms with Crippen molar-refractivity contribution < 1.29 is 14.4 Å². The monoisotopic (exact) mass is 380 g/mol. The van der Waals surface area contributed by atoms with E-state index in [1.165, 1.54) is 0 Å². The smallest absolute Gasteiger partial charge is 0.325 e. The van der Waals surface area contributed by atoms with Gasteiger partial charge in [-0.05, 0) is 56.2 Å². The lowest BCUT2D eigenvalue weighted by molar-refractivity contribution is -0.135.